The number of alkyl halides is 2. The average molecular weight is 506 g/mol. The summed E-state index contributed by atoms with van der Waals surface area (Å²) in [6, 6.07) is 2.04. The Morgan fingerprint density at radius 2 is 1.42 bits per heavy atom. The van der Waals surface area contributed by atoms with Gasteiger partial charge < -0.3 is 4.74 Å². The Morgan fingerprint density at radius 3 is 1.94 bits per heavy atom. The Balaban J connectivity index is 1.79. The third-order valence-corrected chi connectivity index (χ3v) is 7.09. The van der Waals surface area contributed by atoms with Crippen LogP contribution in [0.1, 0.15) is 62.5 Å². The van der Waals surface area contributed by atoms with Crippen LogP contribution in [0.2, 0.25) is 0 Å². The zero-order chi connectivity index (χ0) is 24.7. The topological polar surface area (TPSA) is 9.23 Å². The van der Waals surface area contributed by atoms with Crippen LogP contribution in [-0.2, 0) is 6.11 Å². The van der Waals surface area contributed by atoms with Gasteiger partial charge in [0.05, 0.1) is 0 Å². The van der Waals surface area contributed by atoms with Crippen LogP contribution in [0, 0.1) is 17.6 Å². The lowest BCUT2D eigenvalue weighted by Gasteiger charge is -2.40. The van der Waals surface area contributed by atoms with Gasteiger partial charge in [0.2, 0.25) is 0 Å². The molecule has 0 spiro atoms. The van der Waals surface area contributed by atoms with E-state index in [9.17, 15) is 37.0 Å². The minimum Gasteiger partial charge on any atom is -0.429 e. The van der Waals surface area contributed by atoms with Gasteiger partial charge in [-0.05, 0) is 73.4 Å². The summed E-state index contributed by atoms with van der Waals surface area (Å²) in [7, 11) is -9.99. The number of halogens is 9. The maximum Gasteiger partial charge on any atom is 0.429 e. The second kappa shape index (κ2) is 8.02. The molecule has 1 nitrogen and oxygen atoms in total. The van der Waals surface area contributed by atoms with Crippen molar-refractivity contribution in [1.29, 1.82) is 0 Å². The fourth-order valence-corrected chi connectivity index (χ4v) is 4.89. The molecule has 0 atom stereocenters. The fourth-order valence-electron chi connectivity index (χ4n) is 4.24. The van der Waals surface area contributed by atoms with E-state index in [2.05, 4.69) is 11.7 Å². The van der Waals surface area contributed by atoms with E-state index in [1.807, 2.05) is 0 Å². The first-order valence-corrected chi connectivity index (χ1v) is 12.4. The van der Waals surface area contributed by atoms with Crippen LogP contribution >= 0.6 is 10.2 Å². The molecule has 0 heterocycles. The van der Waals surface area contributed by atoms with Crippen LogP contribution in [0.4, 0.5) is 37.0 Å². The van der Waals surface area contributed by atoms with Gasteiger partial charge in [0.15, 0.2) is 11.6 Å². The van der Waals surface area contributed by atoms with Crippen molar-refractivity contribution in [3.63, 3.8) is 0 Å². The molecule has 186 valence electrons. The number of ether oxygens (including phenoxy) is 1. The van der Waals surface area contributed by atoms with Crippen LogP contribution in [0.25, 0.3) is 0 Å². The lowest BCUT2D eigenvalue weighted by atomic mass is 9.77. The molecule has 0 bridgehead atoms. The lowest BCUT2D eigenvalue weighted by molar-refractivity contribution is -0.187. The first kappa shape index (κ1) is 25.6. The molecule has 1 saturated carbocycles. The number of benzene rings is 2. The van der Waals surface area contributed by atoms with Crippen LogP contribution in [-0.4, -0.2) is 0 Å². The molecule has 0 unspecified atom stereocenters. The normalized spacial score (nSPS) is 21.9. The highest BCUT2D eigenvalue weighted by Gasteiger charge is 2.65. The predicted molar refractivity (Wildman–Crippen MR) is 108 cm³/mol. The zero-order valence-corrected chi connectivity index (χ0v) is 18.4. The third kappa shape index (κ3) is 5.91. The molecule has 33 heavy (non-hydrogen) atoms. The summed E-state index contributed by atoms with van der Waals surface area (Å²) in [5, 5.41) is 0. The molecule has 0 amide bonds. The van der Waals surface area contributed by atoms with Gasteiger partial charge in [0.25, 0.3) is 0 Å². The largest absolute Gasteiger partial charge is 0.429 e. The van der Waals surface area contributed by atoms with Gasteiger partial charge in [-0.15, -0.1) is 0 Å². The van der Waals surface area contributed by atoms with E-state index in [4.69, 9.17) is 0 Å². The number of hydrogen-bond donors (Lipinski definition) is 0. The molecule has 1 fully saturated rings. The van der Waals surface area contributed by atoms with Crippen LogP contribution in [0.3, 0.4) is 0 Å². The quantitative estimate of drug-likeness (QED) is 0.340. The molecule has 2 aromatic rings. The van der Waals surface area contributed by atoms with E-state index in [0.29, 0.717) is 24.8 Å². The van der Waals surface area contributed by atoms with E-state index in [1.165, 1.54) is 0 Å². The molecule has 1 aliphatic carbocycles. The van der Waals surface area contributed by atoms with Gasteiger partial charge in [-0.1, -0.05) is 45.3 Å². The minimum atomic E-state index is -9.99. The smallest absolute Gasteiger partial charge is 0.429 e. The summed E-state index contributed by atoms with van der Waals surface area (Å²) in [4.78, 5) is -2.29. The second-order valence-corrected chi connectivity index (χ2v) is 10.8. The van der Waals surface area contributed by atoms with Crippen molar-refractivity contribution in [2.75, 3.05) is 0 Å². The summed E-state index contributed by atoms with van der Waals surface area (Å²) in [5.74, 6) is -3.98. The lowest BCUT2D eigenvalue weighted by Crippen LogP contribution is -2.25. The van der Waals surface area contributed by atoms with Gasteiger partial charge in [0, 0.05) is 0 Å². The highest BCUT2D eigenvalue weighted by Crippen LogP contribution is 3.02. The molecule has 0 N–H and O–H groups in total. The molecular formula is C22H23F9OS. The molecular weight excluding hydrogens is 483 g/mol. The second-order valence-electron chi connectivity index (χ2n) is 8.40. The molecule has 0 aromatic heterocycles. The summed E-state index contributed by atoms with van der Waals surface area (Å²) in [5.41, 5.74) is -1.46. The Labute approximate surface area is 185 Å². The van der Waals surface area contributed by atoms with Crippen molar-refractivity contribution in [3.8, 4) is 5.75 Å². The van der Waals surface area contributed by atoms with Gasteiger partial charge in [-0.3, -0.25) is 0 Å². The maximum absolute atomic E-state index is 14.7. The van der Waals surface area contributed by atoms with Crippen molar-refractivity contribution in [3.05, 3.63) is 59.2 Å². The highest BCUT2D eigenvalue weighted by atomic mass is 32.5. The van der Waals surface area contributed by atoms with Crippen molar-refractivity contribution in [2.45, 2.75) is 62.4 Å². The van der Waals surface area contributed by atoms with Crippen LogP contribution in [0.5, 0.6) is 5.75 Å². The third-order valence-electron chi connectivity index (χ3n) is 5.92. The Hall–Kier alpha value is -2.04. The van der Waals surface area contributed by atoms with Crippen molar-refractivity contribution >= 4 is 10.2 Å². The van der Waals surface area contributed by atoms with Gasteiger partial charge in [-0.2, -0.15) is 8.78 Å². The fraction of sp³-hybridized carbons (Fsp3) is 0.455. The SMILES string of the molecule is CCCC1CCC(c2ccc(C(F)(F)Oc3ccc(S(F)(F)(F)(F)F)cc3)c(F)c2F)CC1. The monoisotopic (exact) mass is 506 g/mol. The predicted octanol–water partition coefficient (Wildman–Crippen LogP) is 9.82. The van der Waals surface area contributed by atoms with E-state index in [1.54, 1.807) is 0 Å². The Kier molecular flexibility index (Phi) is 6.22. The van der Waals surface area contributed by atoms with Gasteiger partial charge >= 0.3 is 16.3 Å². The zero-order valence-electron chi connectivity index (χ0n) is 17.6. The van der Waals surface area contributed by atoms with E-state index < -0.39 is 44.2 Å². The standard InChI is InChI=1S/C22H23F9OS/c1-2-3-14-4-6-15(7-5-14)18-12-13-19(21(24)20(18)23)22(25,26)32-16-8-10-17(11-9-16)33(27,28,29,30)31/h8-15H,2-7H2,1H3. The summed E-state index contributed by atoms with van der Waals surface area (Å²) >= 11 is 0. The molecule has 11 heteroatoms. The first-order chi connectivity index (χ1) is 15.0. The molecule has 0 radical (unpaired) electrons. The molecule has 0 saturated heterocycles. The Morgan fingerprint density at radius 1 is 0.848 bits per heavy atom. The van der Waals surface area contributed by atoms with E-state index in [-0.39, 0.29) is 35.7 Å². The van der Waals surface area contributed by atoms with E-state index in [0.717, 1.165) is 31.7 Å². The molecule has 0 aliphatic heterocycles. The van der Waals surface area contributed by atoms with Crippen LogP contribution in [0.15, 0.2) is 41.3 Å². The summed E-state index contributed by atoms with van der Waals surface area (Å²) in [6.07, 6.45) is 0.459. The first-order valence-electron chi connectivity index (χ1n) is 10.4. The summed E-state index contributed by atoms with van der Waals surface area (Å²) in [6.45, 7) is 2.06. The average Bonchev–Trinajstić information content (AvgIpc) is 2.69. The highest BCUT2D eigenvalue weighted by molar-refractivity contribution is 8.45. The van der Waals surface area contributed by atoms with Gasteiger partial charge in [-0.25, -0.2) is 8.78 Å². The number of hydrogen-bond acceptors (Lipinski definition) is 1. The van der Waals surface area contributed by atoms with Crippen molar-refractivity contribution in [2.24, 2.45) is 5.92 Å². The maximum atomic E-state index is 14.7. The van der Waals surface area contributed by atoms with Crippen molar-refractivity contribution < 1.29 is 41.7 Å². The molecule has 3 rings (SSSR count). The molecule has 1 aliphatic rings. The van der Waals surface area contributed by atoms with Crippen molar-refractivity contribution in [1.82, 2.24) is 0 Å². The molecule has 2 aromatic carbocycles. The Bertz CT molecular complexity index is 996. The van der Waals surface area contributed by atoms with Crippen LogP contribution < -0.4 is 4.74 Å². The number of rotatable bonds is 7. The summed E-state index contributed by atoms with van der Waals surface area (Å²) < 4.78 is 126. The minimum absolute atomic E-state index is 0.0118. The van der Waals surface area contributed by atoms with E-state index >= 15 is 0 Å². The van der Waals surface area contributed by atoms with Gasteiger partial charge in [0.1, 0.15) is 16.2 Å².